The van der Waals surface area contributed by atoms with E-state index in [0.717, 1.165) is 31.4 Å². The molecule has 0 spiro atoms. The third-order valence-corrected chi connectivity index (χ3v) is 4.19. The summed E-state index contributed by atoms with van der Waals surface area (Å²) in [7, 11) is 0. The highest BCUT2D eigenvalue weighted by Crippen LogP contribution is 2.33. The van der Waals surface area contributed by atoms with Crippen LogP contribution in [-0.4, -0.2) is 30.1 Å². The lowest BCUT2D eigenvalue weighted by Gasteiger charge is -2.27. The van der Waals surface area contributed by atoms with Gasteiger partial charge in [-0.15, -0.1) is 0 Å². The predicted molar refractivity (Wildman–Crippen MR) is 81.6 cm³/mol. The van der Waals surface area contributed by atoms with Crippen LogP contribution in [0.4, 0.5) is 5.69 Å². The molecule has 0 aromatic heterocycles. The van der Waals surface area contributed by atoms with E-state index in [-0.39, 0.29) is 16.9 Å². The minimum atomic E-state index is -0.990. The zero-order valence-corrected chi connectivity index (χ0v) is 12.5. The van der Waals surface area contributed by atoms with Crippen LogP contribution in [0.2, 0.25) is 0 Å². The first-order valence-electron chi connectivity index (χ1n) is 7.34. The summed E-state index contributed by atoms with van der Waals surface area (Å²) < 4.78 is 0. The molecule has 0 saturated carbocycles. The van der Waals surface area contributed by atoms with Crippen molar-refractivity contribution >= 4 is 17.6 Å². The highest BCUT2D eigenvalue weighted by atomic mass is 16.4. The van der Waals surface area contributed by atoms with E-state index in [1.54, 1.807) is 12.1 Å². The quantitative estimate of drug-likeness (QED) is 0.778. The topological polar surface area (TPSA) is 78.4 Å². The molecule has 1 amide bonds. The van der Waals surface area contributed by atoms with Crippen molar-refractivity contribution in [1.29, 1.82) is 0 Å². The number of carboxylic acid groups (broad SMARTS) is 1. The van der Waals surface area contributed by atoms with Crippen molar-refractivity contribution in [2.45, 2.75) is 33.1 Å². The molecule has 114 valence electrons. The molecule has 0 bridgehead atoms. The summed E-state index contributed by atoms with van der Waals surface area (Å²) in [6.07, 6.45) is 2.61. The van der Waals surface area contributed by atoms with E-state index in [1.165, 1.54) is 6.07 Å². The molecule has 5 nitrogen and oxygen atoms in total. The minimum Gasteiger partial charge on any atom is -0.478 e. The molecule has 1 fully saturated rings. The number of benzene rings is 1. The average Bonchev–Trinajstić information content (AvgIpc) is 2.91. The van der Waals surface area contributed by atoms with Crippen LogP contribution in [0.25, 0.3) is 0 Å². The number of carbonyl (C=O) groups excluding carboxylic acids is 1. The fraction of sp³-hybridized carbons (Fsp3) is 0.500. The van der Waals surface area contributed by atoms with Gasteiger partial charge in [0.1, 0.15) is 0 Å². The SMILES string of the molecule is CCCC1(C(=O)Nc2cc(C(=O)O)ccc2C)CCNC1. The largest absolute Gasteiger partial charge is 0.478 e. The third kappa shape index (κ3) is 3.24. The van der Waals surface area contributed by atoms with Crippen molar-refractivity contribution in [2.24, 2.45) is 5.41 Å². The van der Waals surface area contributed by atoms with Crippen LogP contribution in [0, 0.1) is 12.3 Å². The molecule has 1 unspecified atom stereocenters. The molecule has 1 saturated heterocycles. The van der Waals surface area contributed by atoms with Crippen molar-refractivity contribution in [3.8, 4) is 0 Å². The lowest BCUT2D eigenvalue weighted by Crippen LogP contribution is -2.38. The second-order valence-corrected chi connectivity index (χ2v) is 5.75. The fourth-order valence-electron chi connectivity index (χ4n) is 2.89. The van der Waals surface area contributed by atoms with Crippen LogP contribution in [0.3, 0.4) is 0 Å². The molecule has 1 aliphatic heterocycles. The van der Waals surface area contributed by atoms with E-state index in [9.17, 15) is 9.59 Å². The summed E-state index contributed by atoms with van der Waals surface area (Å²) >= 11 is 0. The Kier molecular flexibility index (Phi) is 4.63. The van der Waals surface area contributed by atoms with E-state index < -0.39 is 5.97 Å². The van der Waals surface area contributed by atoms with Crippen molar-refractivity contribution in [3.05, 3.63) is 29.3 Å². The first-order valence-corrected chi connectivity index (χ1v) is 7.34. The smallest absolute Gasteiger partial charge is 0.335 e. The van der Waals surface area contributed by atoms with E-state index in [2.05, 4.69) is 17.6 Å². The van der Waals surface area contributed by atoms with Crippen molar-refractivity contribution < 1.29 is 14.7 Å². The number of aromatic carboxylic acids is 1. The maximum Gasteiger partial charge on any atom is 0.335 e. The van der Waals surface area contributed by atoms with Crippen LogP contribution >= 0.6 is 0 Å². The normalized spacial score (nSPS) is 21.2. The van der Waals surface area contributed by atoms with E-state index >= 15 is 0 Å². The molecule has 5 heteroatoms. The number of rotatable bonds is 5. The van der Waals surface area contributed by atoms with Crippen LogP contribution in [0.5, 0.6) is 0 Å². The summed E-state index contributed by atoms with van der Waals surface area (Å²) in [6.45, 7) is 5.47. The Morgan fingerprint density at radius 2 is 2.19 bits per heavy atom. The molecule has 21 heavy (non-hydrogen) atoms. The first-order chi connectivity index (χ1) is 9.98. The van der Waals surface area contributed by atoms with Crippen molar-refractivity contribution in [2.75, 3.05) is 18.4 Å². The highest BCUT2D eigenvalue weighted by molar-refractivity contribution is 5.98. The number of amides is 1. The van der Waals surface area contributed by atoms with Crippen LogP contribution in [0.15, 0.2) is 18.2 Å². The van der Waals surface area contributed by atoms with Gasteiger partial charge in [-0.2, -0.15) is 0 Å². The third-order valence-electron chi connectivity index (χ3n) is 4.19. The van der Waals surface area contributed by atoms with Gasteiger partial charge in [0.25, 0.3) is 0 Å². The Morgan fingerprint density at radius 3 is 2.76 bits per heavy atom. The Labute approximate surface area is 124 Å². The Balaban J connectivity index is 2.22. The molecule has 2 rings (SSSR count). The lowest BCUT2D eigenvalue weighted by molar-refractivity contribution is -0.125. The fourth-order valence-corrected chi connectivity index (χ4v) is 2.89. The van der Waals surface area contributed by atoms with Gasteiger partial charge in [-0.3, -0.25) is 4.79 Å². The number of carboxylic acids is 1. The van der Waals surface area contributed by atoms with Gasteiger partial charge < -0.3 is 15.7 Å². The standard InChI is InChI=1S/C16H22N2O3/c1-3-6-16(7-8-17-10-16)15(21)18-13-9-12(14(19)20)5-4-11(13)2/h4-5,9,17H,3,6-8,10H2,1-2H3,(H,18,21)(H,19,20). The summed E-state index contributed by atoms with van der Waals surface area (Å²) in [6, 6.07) is 4.79. The molecular weight excluding hydrogens is 268 g/mol. The van der Waals surface area contributed by atoms with Gasteiger partial charge in [0, 0.05) is 12.2 Å². The molecule has 3 N–H and O–H groups in total. The summed E-state index contributed by atoms with van der Waals surface area (Å²) in [4.78, 5) is 23.7. The van der Waals surface area contributed by atoms with E-state index in [1.807, 2.05) is 6.92 Å². The van der Waals surface area contributed by atoms with Gasteiger partial charge in [-0.1, -0.05) is 19.4 Å². The van der Waals surface area contributed by atoms with Crippen LogP contribution in [-0.2, 0) is 4.79 Å². The van der Waals surface area contributed by atoms with Gasteiger partial charge >= 0.3 is 5.97 Å². The lowest BCUT2D eigenvalue weighted by atomic mass is 9.81. The first kappa shape index (κ1) is 15.5. The van der Waals surface area contributed by atoms with Gasteiger partial charge in [0.2, 0.25) is 5.91 Å². The maximum absolute atomic E-state index is 12.7. The Bertz CT molecular complexity index is 548. The van der Waals surface area contributed by atoms with Crippen LogP contribution < -0.4 is 10.6 Å². The molecule has 1 aromatic rings. The molecule has 0 aliphatic carbocycles. The van der Waals surface area contributed by atoms with Crippen molar-refractivity contribution in [1.82, 2.24) is 5.32 Å². The Hall–Kier alpha value is -1.88. The molecular formula is C16H22N2O3. The summed E-state index contributed by atoms with van der Waals surface area (Å²) in [5.74, 6) is -1.00. The van der Waals surface area contributed by atoms with Crippen molar-refractivity contribution in [3.63, 3.8) is 0 Å². The monoisotopic (exact) mass is 290 g/mol. The number of nitrogens with one attached hydrogen (secondary N) is 2. The summed E-state index contributed by atoms with van der Waals surface area (Å²) in [5, 5.41) is 15.2. The number of aryl methyl sites for hydroxylation is 1. The van der Waals surface area contributed by atoms with Gasteiger partial charge in [-0.25, -0.2) is 4.79 Å². The Morgan fingerprint density at radius 1 is 1.43 bits per heavy atom. The molecule has 1 aromatic carbocycles. The van der Waals surface area contributed by atoms with Gasteiger partial charge in [0.05, 0.1) is 11.0 Å². The number of anilines is 1. The van der Waals surface area contributed by atoms with E-state index in [4.69, 9.17) is 5.11 Å². The molecule has 1 aliphatic rings. The van der Waals surface area contributed by atoms with Gasteiger partial charge in [-0.05, 0) is 44.0 Å². The number of hydrogen-bond donors (Lipinski definition) is 3. The summed E-state index contributed by atoms with van der Waals surface area (Å²) in [5.41, 5.74) is 1.26. The number of carbonyl (C=O) groups is 2. The second kappa shape index (κ2) is 6.26. The van der Waals surface area contributed by atoms with Gasteiger partial charge in [0.15, 0.2) is 0 Å². The van der Waals surface area contributed by atoms with Crippen LogP contribution in [0.1, 0.15) is 42.1 Å². The molecule has 0 radical (unpaired) electrons. The maximum atomic E-state index is 12.7. The molecule has 1 atom stereocenters. The zero-order valence-electron chi connectivity index (χ0n) is 12.5. The average molecular weight is 290 g/mol. The number of hydrogen-bond acceptors (Lipinski definition) is 3. The highest BCUT2D eigenvalue weighted by Gasteiger charge is 2.40. The second-order valence-electron chi connectivity index (χ2n) is 5.75. The predicted octanol–water partition coefficient (Wildman–Crippen LogP) is 2.41. The molecule has 1 heterocycles. The van der Waals surface area contributed by atoms with E-state index in [0.29, 0.717) is 12.2 Å². The zero-order chi connectivity index (χ0) is 15.5. The minimum absolute atomic E-state index is 0.0139.